The summed E-state index contributed by atoms with van der Waals surface area (Å²) in [7, 11) is 0. The largest absolute Gasteiger partial charge is 0.310 e. The van der Waals surface area contributed by atoms with Crippen LogP contribution in [0.5, 0.6) is 0 Å². The molecule has 1 aliphatic carbocycles. The van der Waals surface area contributed by atoms with Crippen molar-refractivity contribution in [2.75, 3.05) is 14.7 Å². The van der Waals surface area contributed by atoms with Crippen LogP contribution >= 0.6 is 11.3 Å². The second kappa shape index (κ2) is 16.4. The highest BCUT2D eigenvalue weighted by Crippen LogP contribution is 2.56. The molecule has 0 radical (unpaired) electrons. The van der Waals surface area contributed by atoms with E-state index in [-0.39, 0.29) is 28.4 Å². The van der Waals surface area contributed by atoms with Gasteiger partial charge in [-0.3, -0.25) is 0 Å². The first-order valence-electron chi connectivity index (χ1n) is 25.7. The molecule has 2 aliphatic heterocycles. The summed E-state index contributed by atoms with van der Waals surface area (Å²) in [6.07, 6.45) is 2.25. The molecule has 0 saturated heterocycles. The van der Waals surface area contributed by atoms with Crippen LogP contribution in [-0.4, -0.2) is 6.71 Å². The van der Waals surface area contributed by atoms with Crippen molar-refractivity contribution < 1.29 is 0 Å². The lowest BCUT2D eigenvalue weighted by molar-refractivity contribution is 0.333. The van der Waals surface area contributed by atoms with E-state index in [1.807, 2.05) is 11.3 Å². The third-order valence-corrected chi connectivity index (χ3v) is 17.2. The van der Waals surface area contributed by atoms with Gasteiger partial charge in [0.05, 0.1) is 17.1 Å². The molecule has 71 heavy (non-hydrogen) atoms. The lowest BCUT2D eigenvalue weighted by Crippen LogP contribution is -2.61. The molecule has 0 fully saturated rings. The molecule has 12 rings (SSSR count). The van der Waals surface area contributed by atoms with Crippen molar-refractivity contribution in [3.05, 3.63) is 204 Å². The molecule has 0 saturated carbocycles. The zero-order valence-electron chi connectivity index (χ0n) is 43.1. The molecule has 3 nitrogen and oxygen atoms in total. The number of fused-ring (bicyclic) bond motifs is 8. The standard InChI is InChI=1S/C66H64BN3S/c1-63(2,3)44-30-33-48(34-31-44)69-55-41-49(68(46-24-16-12-17-25-46)47-26-18-13-19-27-47)42-56-59(55)67(62-60(69)50-28-20-21-29-57(50)71-62)53-36-35-52-58(66(9,10)39-38-65(52,7)8)61(53)70(56)54-37-32-45(64(4,5)6)40-51(54)43-22-14-11-15-23-43/h11-37,40-42H,38-39H2,1-10H3. The molecule has 9 aromatic rings. The topological polar surface area (TPSA) is 9.72 Å². The van der Waals surface area contributed by atoms with Crippen LogP contribution in [0.2, 0.25) is 0 Å². The van der Waals surface area contributed by atoms with Crippen LogP contribution in [-0.2, 0) is 21.7 Å². The van der Waals surface area contributed by atoms with Crippen LogP contribution in [0.3, 0.4) is 0 Å². The first-order valence-corrected chi connectivity index (χ1v) is 26.5. The van der Waals surface area contributed by atoms with Crippen molar-refractivity contribution in [1.29, 1.82) is 0 Å². The first kappa shape index (κ1) is 45.3. The maximum absolute atomic E-state index is 2.75. The van der Waals surface area contributed by atoms with Gasteiger partial charge in [0.25, 0.3) is 6.71 Å². The number of nitrogens with zero attached hydrogens (tertiary/aromatic N) is 3. The first-order chi connectivity index (χ1) is 34.0. The smallest absolute Gasteiger partial charge is 0.264 e. The van der Waals surface area contributed by atoms with E-state index in [1.165, 1.54) is 87.6 Å². The molecule has 3 aliphatic rings. The molecule has 352 valence electrons. The molecule has 8 aromatic carbocycles. The lowest BCUT2D eigenvalue weighted by Gasteiger charge is -2.49. The summed E-state index contributed by atoms with van der Waals surface area (Å²) in [5.41, 5.74) is 21.4. The summed E-state index contributed by atoms with van der Waals surface area (Å²) >= 11 is 1.98. The number of thiophene rings is 1. The van der Waals surface area contributed by atoms with Gasteiger partial charge in [0.2, 0.25) is 0 Å². The zero-order chi connectivity index (χ0) is 49.2. The third kappa shape index (κ3) is 7.37. The van der Waals surface area contributed by atoms with Gasteiger partial charge in [-0.25, -0.2) is 0 Å². The van der Waals surface area contributed by atoms with Crippen LogP contribution in [0.4, 0.5) is 51.2 Å². The number of para-hydroxylation sites is 2. The van der Waals surface area contributed by atoms with E-state index in [4.69, 9.17) is 0 Å². The third-order valence-electron chi connectivity index (χ3n) is 16.0. The van der Waals surface area contributed by atoms with Crippen molar-refractivity contribution >= 4 is 95.0 Å². The molecular weight excluding hydrogens is 878 g/mol. The zero-order valence-corrected chi connectivity index (χ0v) is 43.9. The normalized spacial score (nSPS) is 15.5. The Hall–Kier alpha value is -6.82. The summed E-state index contributed by atoms with van der Waals surface area (Å²) in [6, 6.07) is 69.1. The van der Waals surface area contributed by atoms with Gasteiger partial charge in [-0.2, -0.15) is 0 Å². The molecule has 0 bridgehead atoms. The molecule has 0 unspecified atom stereocenters. The highest BCUT2D eigenvalue weighted by molar-refractivity contribution is 7.33. The second-order valence-corrected chi connectivity index (χ2v) is 24.7. The fraction of sp³-hybridized carbons (Fsp3) is 0.242. The Kier molecular flexibility index (Phi) is 10.4. The van der Waals surface area contributed by atoms with Gasteiger partial charge in [-0.15, -0.1) is 11.3 Å². The fourth-order valence-electron chi connectivity index (χ4n) is 12.0. The minimum atomic E-state index is -0.0940. The Morgan fingerprint density at radius 2 is 1.07 bits per heavy atom. The molecule has 1 aromatic heterocycles. The number of rotatable bonds is 6. The van der Waals surface area contributed by atoms with Crippen LogP contribution in [0.25, 0.3) is 21.2 Å². The number of anilines is 9. The summed E-state index contributed by atoms with van der Waals surface area (Å²) in [5, 5.41) is 1.29. The van der Waals surface area contributed by atoms with E-state index in [1.54, 1.807) is 0 Å². The Bertz CT molecular complexity index is 3460. The average molecular weight is 942 g/mol. The molecule has 5 heteroatoms. The van der Waals surface area contributed by atoms with Gasteiger partial charge in [0, 0.05) is 54.6 Å². The molecule has 0 spiro atoms. The molecule has 0 amide bonds. The van der Waals surface area contributed by atoms with Crippen molar-refractivity contribution in [1.82, 2.24) is 0 Å². The average Bonchev–Trinajstić information content (AvgIpc) is 3.75. The quantitative estimate of drug-likeness (QED) is 0.154. The predicted molar refractivity (Wildman–Crippen MR) is 309 cm³/mol. The highest BCUT2D eigenvalue weighted by atomic mass is 32.1. The summed E-state index contributed by atoms with van der Waals surface area (Å²) < 4.78 is 2.71. The van der Waals surface area contributed by atoms with Crippen LogP contribution in [0, 0.1) is 0 Å². The predicted octanol–water partition coefficient (Wildman–Crippen LogP) is 17.1. The van der Waals surface area contributed by atoms with Gasteiger partial charge in [0.15, 0.2) is 0 Å². The van der Waals surface area contributed by atoms with E-state index >= 15 is 0 Å². The molecule has 0 atom stereocenters. The van der Waals surface area contributed by atoms with Gasteiger partial charge < -0.3 is 14.7 Å². The molecule has 3 heterocycles. The van der Waals surface area contributed by atoms with Gasteiger partial charge in [-0.05, 0) is 140 Å². The van der Waals surface area contributed by atoms with Crippen molar-refractivity contribution in [2.24, 2.45) is 0 Å². The van der Waals surface area contributed by atoms with Crippen LogP contribution in [0.15, 0.2) is 182 Å². The van der Waals surface area contributed by atoms with E-state index in [0.29, 0.717) is 0 Å². The maximum atomic E-state index is 2.75. The molecule has 0 N–H and O–H groups in total. The van der Waals surface area contributed by atoms with Crippen LogP contribution in [0.1, 0.15) is 104 Å². The summed E-state index contributed by atoms with van der Waals surface area (Å²) in [5.74, 6) is 0. The number of benzene rings is 8. The van der Waals surface area contributed by atoms with E-state index in [2.05, 4.69) is 266 Å². The summed E-state index contributed by atoms with van der Waals surface area (Å²) in [4.78, 5) is 7.84. The van der Waals surface area contributed by atoms with Gasteiger partial charge in [-0.1, -0.05) is 184 Å². The number of hydrogen-bond donors (Lipinski definition) is 0. The second-order valence-electron chi connectivity index (χ2n) is 23.7. The van der Waals surface area contributed by atoms with Crippen molar-refractivity contribution in [2.45, 2.75) is 104 Å². The number of hydrogen-bond acceptors (Lipinski definition) is 4. The fourth-order valence-corrected chi connectivity index (χ4v) is 13.4. The van der Waals surface area contributed by atoms with E-state index < -0.39 is 0 Å². The summed E-state index contributed by atoms with van der Waals surface area (Å²) in [6.45, 7) is 23.9. The Morgan fingerprint density at radius 3 is 1.70 bits per heavy atom. The van der Waals surface area contributed by atoms with Gasteiger partial charge >= 0.3 is 0 Å². The minimum Gasteiger partial charge on any atom is -0.310 e. The van der Waals surface area contributed by atoms with Crippen molar-refractivity contribution in [3.63, 3.8) is 0 Å². The highest BCUT2D eigenvalue weighted by Gasteiger charge is 2.50. The van der Waals surface area contributed by atoms with Gasteiger partial charge in [0.1, 0.15) is 0 Å². The molecular formula is C66H64BN3S. The van der Waals surface area contributed by atoms with Crippen LogP contribution < -0.4 is 30.4 Å². The van der Waals surface area contributed by atoms with Crippen molar-refractivity contribution in [3.8, 4) is 11.1 Å². The SMILES string of the molecule is CC(C)(C)c1ccc(N2c3cc(N(c4ccccc4)c4ccccc4)cc4c3B(c3ccc5c(c3N4c3ccc(C(C)(C)C)cc3-c3ccccc3)C(C)(C)CCC5(C)C)c3sc4ccccc4c32)cc1. The maximum Gasteiger partial charge on any atom is 0.264 e. The Balaban J connectivity index is 1.28. The van der Waals surface area contributed by atoms with E-state index in [0.717, 1.165) is 35.6 Å². The van der Waals surface area contributed by atoms with E-state index in [9.17, 15) is 0 Å². The Morgan fingerprint density at radius 1 is 0.507 bits per heavy atom. The lowest BCUT2D eigenvalue weighted by atomic mass is 9.35. The minimum absolute atomic E-state index is 0.0000364. The Labute approximate surface area is 426 Å². The monoisotopic (exact) mass is 941 g/mol.